The summed E-state index contributed by atoms with van der Waals surface area (Å²) >= 11 is 9.18. The molecule has 0 atom stereocenters. The molecule has 1 N–H and O–H groups in total. The number of nitrogens with zero attached hydrogens (tertiary/aromatic N) is 3. The van der Waals surface area contributed by atoms with Crippen molar-refractivity contribution in [3.05, 3.63) is 90.8 Å². The van der Waals surface area contributed by atoms with Gasteiger partial charge >= 0.3 is 5.97 Å². The van der Waals surface area contributed by atoms with Crippen molar-refractivity contribution in [2.24, 2.45) is 0 Å². The van der Waals surface area contributed by atoms with E-state index in [1.807, 2.05) is 12.1 Å². The Balaban J connectivity index is 2.20. The molecule has 138 valence electrons. The van der Waals surface area contributed by atoms with Gasteiger partial charge in [0.25, 0.3) is 5.56 Å². The minimum atomic E-state index is -1.35. The van der Waals surface area contributed by atoms with Gasteiger partial charge in [-0.05, 0) is 42.0 Å². The number of carboxylic acids is 1. The first-order valence-corrected chi connectivity index (χ1v) is 9.08. The van der Waals surface area contributed by atoms with E-state index in [2.05, 4.69) is 21.0 Å². The molecule has 0 radical (unpaired) electrons. The number of hydrogen-bond donors (Lipinski definition) is 1. The molecule has 3 rings (SSSR count). The molecular weight excluding hydrogens is 446 g/mol. The summed E-state index contributed by atoms with van der Waals surface area (Å²) in [6.07, 6.45) is 3.02. The molecule has 3 aromatic rings. The highest BCUT2D eigenvalue weighted by Gasteiger charge is 2.21. The number of nitriles is 1. The maximum Gasteiger partial charge on any atom is 0.357 e. The quantitative estimate of drug-likeness (QED) is 0.628. The zero-order valence-corrected chi connectivity index (χ0v) is 16.5. The van der Waals surface area contributed by atoms with Gasteiger partial charge in [-0.3, -0.25) is 4.79 Å². The number of halogens is 2. The van der Waals surface area contributed by atoms with Gasteiger partial charge in [-0.1, -0.05) is 51.8 Å². The summed E-state index contributed by atoms with van der Waals surface area (Å²) in [7, 11) is 0. The summed E-state index contributed by atoms with van der Waals surface area (Å²) in [6.45, 7) is 0. The van der Waals surface area contributed by atoms with Crippen LogP contribution in [0.1, 0.15) is 27.2 Å². The molecule has 0 fully saturated rings. The third-order valence-electron chi connectivity index (χ3n) is 3.83. The first-order chi connectivity index (χ1) is 13.4. The third-order valence-corrected chi connectivity index (χ3v) is 4.61. The van der Waals surface area contributed by atoms with E-state index < -0.39 is 17.2 Å². The minimum absolute atomic E-state index is 0.0480. The van der Waals surface area contributed by atoms with Gasteiger partial charge in [0.1, 0.15) is 11.6 Å². The minimum Gasteiger partial charge on any atom is -0.476 e. The summed E-state index contributed by atoms with van der Waals surface area (Å²) in [4.78, 5) is 24.5. The van der Waals surface area contributed by atoms with Crippen molar-refractivity contribution in [3.8, 4) is 11.8 Å². The van der Waals surface area contributed by atoms with Gasteiger partial charge in [0, 0.05) is 15.1 Å². The SMILES string of the molecule is N#Cc1c(/C=C\c2ccc(Br)cc2)c(C(=O)O)nn(-c2ccc(Cl)cc2)c1=O. The van der Waals surface area contributed by atoms with Gasteiger partial charge in [0.2, 0.25) is 0 Å². The molecule has 0 aliphatic heterocycles. The van der Waals surface area contributed by atoms with Gasteiger partial charge in [-0.15, -0.1) is 0 Å². The lowest BCUT2D eigenvalue weighted by molar-refractivity contribution is 0.0688. The Hall–Kier alpha value is -3.21. The number of aromatic carboxylic acids is 1. The fourth-order valence-electron chi connectivity index (χ4n) is 2.48. The van der Waals surface area contributed by atoms with Crippen LogP contribution in [0.2, 0.25) is 5.02 Å². The molecule has 0 amide bonds. The Labute approximate surface area is 173 Å². The van der Waals surface area contributed by atoms with Crippen LogP contribution >= 0.6 is 27.5 Å². The molecule has 0 saturated heterocycles. The van der Waals surface area contributed by atoms with Crippen molar-refractivity contribution in [1.29, 1.82) is 5.26 Å². The largest absolute Gasteiger partial charge is 0.476 e. The van der Waals surface area contributed by atoms with E-state index in [0.717, 1.165) is 14.7 Å². The van der Waals surface area contributed by atoms with Gasteiger partial charge < -0.3 is 5.11 Å². The van der Waals surface area contributed by atoms with E-state index in [-0.39, 0.29) is 11.1 Å². The van der Waals surface area contributed by atoms with E-state index in [9.17, 15) is 20.0 Å². The number of carboxylic acid groups (broad SMARTS) is 1. The molecule has 8 heteroatoms. The predicted octanol–water partition coefficient (Wildman–Crippen LogP) is 4.39. The Kier molecular flexibility index (Phi) is 5.73. The van der Waals surface area contributed by atoms with Gasteiger partial charge in [-0.25, -0.2) is 4.79 Å². The third kappa shape index (κ3) is 4.03. The van der Waals surface area contributed by atoms with E-state index in [1.165, 1.54) is 18.2 Å². The topological polar surface area (TPSA) is 96.0 Å². The molecular formula is C20H11BrClN3O3. The second-order valence-electron chi connectivity index (χ2n) is 5.63. The Morgan fingerprint density at radius 1 is 1.14 bits per heavy atom. The standard InChI is InChI=1S/C20H11BrClN3O3/c21-13-4-1-12(2-5-13)3-10-16-17(11-23)19(26)25(24-18(16)20(27)28)15-8-6-14(22)7-9-15/h1-10H,(H,27,28)/b10-3-. The number of aromatic nitrogens is 2. The molecule has 2 aromatic carbocycles. The zero-order chi connectivity index (χ0) is 20.3. The fourth-order valence-corrected chi connectivity index (χ4v) is 2.87. The van der Waals surface area contributed by atoms with Crippen LogP contribution in [-0.4, -0.2) is 20.9 Å². The van der Waals surface area contributed by atoms with E-state index in [4.69, 9.17) is 11.6 Å². The van der Waals surface area contributed by atoms with E-state index >= 15 is 0 Å². The van der Waals surface area contributed by atoms with Crippen LogP contribution in [0.15, 0.2) is 57.8 Å². The summed E-state index contributed by atoms with van der Waals surface area (Å²) in [5.41, 5.74) is -0.407. The number of carbonyl (C=O) groups is 1. The molecule has 0 spiro atoms. The summed E-state index contributed by atoms with van der Waals surface area (Å²) in [6, 6.07) is 15.2. The predicted molar refractivity (Wildman–Crippen MR) is 110 cm³/mol. The maximum atomic E-state index is 12.7. The number of rotatable bonds is 4. The van der Waals surface area contributed by atoms with Crippen LogP contribution in [0.25, 0.3) is 17.8 Å². The van der Waals surface area contributed by atoms with Crippen LogP contribution in [0.4, 0.5) is 0 Å². The maximum absolute atomic E-state index is 12.7. The highest BCUT2D eigenvalue weighted by molar-refractivity contribution is 9.10. The zero-order valence-electron chi connectivity index (χ0n) is 14.1. The van der Waals surface area contributed by atoms with E-state index in [1.54, 1.807) is 36.4 Å². The van der Waals surface area contributed by atoms with Crippen molar-refractivity contribution < 1.29 is 9.90 Å². The Bertz CT molecular complexity index is 1180. The van der Waals surface area contributed by atoms with Gasteiger partial charge in [0.15, 0.2) is 5.69 Å². The summed E-state index contributed by atoms with van der Waals surface area (Å²) in [5, 5.41) is 23.5. The molecule has 0 saturated carbocycles. The Morgan fingerprint density at radius 2 is 1.79 bits per heavy atom. The molecule has 1 heterocycles. The van der Waals surface area contributed by atoms with Crippen molar-refractivity contribution in [1.82, 2.24) is 9.78 Å². The van der Waals surface area contributed by atoms with Crippen LogP contribution in [0.3, 0.4) is 0 Å². The summed E-state index contributed by atoms with van der Waals surface area (Å²) in [5.74, 6) is -1.35. The second-order valence-corrected chi connectivity index (χ2v) is 6.98. The van der Waals surface area contributed by atoms with Gasteiger partial charge in [-0.2, -0.15) is 15.0 Å². The molecule has 1 aromatic heterocycles. The lowest BCUT2D eigenvalue weighted by Gasteiger charge is -2.09. The average Bonchev–Trinajstić information content (AvgIpc) is 2.68. The highest BCUT2D eigenvalue weighted by Crippen LogP contribution is 2.18. The van der Waals surface area contributed by atoms with Crippen molar-refractivity contribution >= 4 is 45.7 Å². The van der Waals surface area contributed by atoms with Gasteiger partial charge in [0.05, 0.1) is 5.69 Å². The van der Waals surface area contributed by atoms with Crippen LogP contribution in [0, 0.1) is 11.3 Å². The number of benzene rings is 2. The molecule has 0 aliphatic carbocycles. The normalized spacial score (nSPS) is 10.8. The molecule has 6 nitrogen and oxygen atoms in total. The highest BCUT2D eigenvalue weighted by atomic mass is 79.9. The monoisotopic (exact) mass is 455 g/mol. The van der Waals surface area contributed by atoms with Crippen molar-refractivity contribution in [3.63, 3.8) is 0 Å². The molecule has 28 heavy (non-hydrogen) atoms. The molecule has 0 bridgehead atoms. The lowest BCUT2D eigenvalue weighted by Crippen LogP contribution is -2.28. The molecule has 0 unspecified atom stereocenters. The molecule has 0 aliphatic rings. The van der Waals surface area contributed by atoms with Crippen LogP contribution in [0.5, 0.6) is 0 Å². The van der Waals surface area contributed by atoms with E-state index in [0.29, 0.717) is 10.7 Å². The van der Waals surface area contributed by atoms with Crippen molar-refractivity contribution in [2.45, 2.75) is 0 Å². The first kappa shape index (κ1) is 19.5. The Morgan fingerprint density at radius 3 is 2.36 bits per heavy atom. The number of hydrogen-bond acceptors (Lipinski definition) is 4. The first-order valence-electron chi connectivity index (χ1n) is 7.91. The average molecular weight is 457 g/mol. The smallest absolute Gasteiger partial charge is 0.357 e. The summed E-state index contributed by atoms with van der Waals surface area (Å²) < 4.78 is 1.77. The lowest BCUT2D eigenvalue weighted by atomic mass is 10.1. The van der Waals surface area contributed by atoms with Crippen molar-refractivity contribution in [2.75, 3.05) is 0 Å². The van der Waals surface area contributed by atoms with Crippen LogP contribution < -0.4 is 5.56 Å². The second kappa shape index (κ2) is 8.21. The fraction of sp³-hybridized carbons (Fsp3) is 0. The van der Waals surface area contributed by atoms with Crippen LogP contribution in [-0.2, 0) is 0 Å².